The molecule has 1 unspecified atom stereocenters. The van der Waals surface area contributed by atoms with Crippen molar-refractivity contribution in [1.29, 1.82) is 0 Å². The first-order chi connectivity index (χ1) is 8.82. The molecule has 0 aromatic heterocycles. The normalized spacial score (nSPS) is 13.8. The number of rotatable bonds is 6. The molecule has 6 heteroatoms. The summed E-state index contributed by atoms with van der Waals surface area (Å²) in [6.07, 6.45) is 0.846. The summed E-state index contributed by atoms with van der Waals surface area (Å²) in [7, 11) is -2.42. The Kier molecular flexibility index (Phi) is 5.46. The minimum atomic E-state index is -3.86. The summed E-state index contributed by atoms with van der Waals surface area (Å²) in [4.78, 5) is -0.384. The smallest absolute Gasteiger partial charge is 0.245 e. The van der Waals surface area contributed by atoms with Crippen molar-refractivity contribution in [3.63, 3.8) is 0 Å². The van der Waals surface area contributed by atoms with Gasteiger partial charge in [-0.1, -0.05) is 26.3 Å². The summed E-state index contributed by atoms with van der Waals surface area (Å²) in [6.45, 7) is 3.92. The second kappa shape index (κ2) is 6.45. The number of hydrogen-bond acceptors (Lipinski definition) is 3. The molecule has 1 atom stereocenters. The van der Waals surface area contributed by atoms with E-state index in [1.807, 2.05) is 13.8 Å². The number of sulfonamides is 1. The van der Waals surface area contributed by atoms with Crippen molar-refractivity contribution in [2.24, 2.45) is 5.92 Å². The lowest BCUT2D eigenvalue weighted by molar-refractivity contribution is 0.281. The maximum absolute atomic E-state index is 13.7. The van der Waals surface area contributed by atoms with E-state index < -0.39 is 15.8 Å². The van der Waals surface area contributed by atoms with Crippen LogP contribution >= 0.6 is 0 Å². The summed E-state index contributed by atoms with van der Waals surface area (Å²) >= 11 is 0. The number of hydrogen-bond donors (Lipinski definition) is 1. The highest BCUT2D eigenvalue weighted by Gasteiger charge is 2.25. The molecule has 0 bridgehead atoms. The zero-order valence-electron chi connectivity index (χ0n) is 11.4. The minimum absolute atomic E-state index is 0.198. The summed E-state index contributed by atoms with van der Waals surface area (Å²) in [6, 6.07) is 3.61. The van der Waals surface area contributed by atoms with Gasteiger partial charge in [-0.2, -0.15) is 0 Å². The first-order valence-electron chi connectivity index (χ1n) is 6.18. The third-order valence-corrected chi connectivity index (χ3v) is 4.97. The molecule has 0 aliphatic carbocycles. The van der Waals surface area contributed by atoms with Crippen LogP contribution in [0.4, 0.5) is 4.39 Å². The fraction of sp³-hybridized carbons (Fsp3) is 0.538. The SMILES string of the molecule is CCC(C)CN(C)S(=O)(=O)c1cc(CO)ccc1F. The van der Waals surface area contributed by atoms with Crippen LogP contribution in [0.1, 0.15) is 25.8 Å². The van der Waals surface area contributed by atoms with Crippen LogP contribution in [0, 0.1) is 11.7 Å². The van der Waals surface area contributed by atoms with Gasteiger partial charge in [-0.15, -0.1) is 0 Å². The molecule has 1 N–H and O–H groups in total. The van der Waals surface area contributed by atoms with Crippen LogP contribution in [0.25, 0.3) is 0 Å². The van der Waals surface area contributed by atoms with Crippen molar-refractivity contribution in [2.45, 2.75) is 31.8 Å². The van der Waals surface area contributed by atoms with Crippen LogP contribution in [0.2, 0.25) is 0 Å². The molecule has 1 aromatic rings. The molecule has 0 aliphatic rings. The van der Waals surface area contributed by atoms with Gasteiger partial charge < -0.3 is 5.11 Å². The predicted molar refractivity (Wildman–Crippen MR) is 71.6 cm³/mol. The van der Waals surface area contributed by atoms with Gasteiger partial charge in [0.15, 0.2) is 0 Å². The Morgan fingerprint density at radius 3 is 2.58 bits per heavy atom. The standard InChI is InChI=1S/C13H20FNO3S/c1-4-10(2)8-15(3)19(17,18)13-7-11(9-16)5-6-12(13)14/h5-7,10,16H,4,8-9H2,1-3H3. The van der Waals surface area contributed by atoms with Crippen molar-refractivity contribution in [2.75, 3.05) is 13.6 Å². The van der Waals surface area contributed by atoms with Crippen molar-refractivity contribution in [3.05, 3.63) is 29.6 Å². The first kappa shape index (κ1) is 16.1. The lowest BCUT2D eigenvalue weighted by atomic mass is 10.1. The van der Waals surface area contributed by atoms with Gasteiger partial charge in [-0.25, -0.2) is 17.1 Å². The lowest BCUT2D eigenvalue weighted by Gasteiger charge is -2.21. The Bertz CT molecular complexity index is 531. The van der Waals surface area contributed by atoms with Crippen LogP contribution in [0.5, 0.6) is 0 Å². The summed E-state index contributed by atoms with van der Waals surface area (Å²) in [5.41, 5.74) is 0.372. The number of halogens is 1. The van der Waals surface area contributed by atoms with Crippen molar-refractivity contribution in [1.82, 2.24) is 4.31 Å². The molecular formula is C13H20FNO3S. The van der Waals surface area contributed by atoms with Crippen molar-refractivity contribution in [3.8, 4) is 0 Å². The lowest BCUT2D eigenvalue weighted by Crippen LogP contribution is -2.31. The van der Waals surface area contributed by atoms with Crippen LogP contribution in [-0.2, 0) is 16.6 Å². The average Bonchev–Trinajstić information content (AvgIpc) is 2.38. The van der Waals surface area contributed by atoms with Gasteiger partial charge >= 0.3 is 0 Å². The maximum Gasteiger partial charge on any atom is 0.245 e. The van der Waals surface area contributed by atoms with E-state index in [2.05, 4.69) is 0 Å². The fourth-order valence-electron chi connectivity index (χ4n) is 1.68. The molecule has 0 saturated heterocycles. The van der Waals surface area contributed by atoms with Gasteiger partial charge in [-0.05, 0) is 23.6 Å². The summed E-state index contributed by atoms with van der Waals surface area (Å²) in [5, 5.41) is 9.01. The third-order valence-electron chi connectivity index (χ3n) is 3.13. The van der Waals surface area contributed by atoms with Gasteiger partial charge in [0.2, 0.25) is 10.0 Å². The van der Waals surface area contributed by atoms with Crippen molar-refractivity contribution < 1.29 is 17.9 Å². The highest BCUT2D eigenvalue weighted by atomic mass is 32.2. The van der Waals surface area contributed by atoms with E-state index in [0.29, 0.717) is 12.1 Å². The number of nitrogens with zero attached hydrogens (tertiary/aromatic N) is 1. The Balaban J connectivity index is 3.12. The highest BCUT2D eigenvalue weighted by Crippen LogP contribution is 2.21. The molecule has 0 fully saturated rings. The molecular weight excluding hydrogens is 269 g/mol. The second-order valence-electron chi connectivity index (χ2n) is 4.72. The second-order valence-corrected chi connectivity index (χ2v) is 6.74. The molecule has 108 valence electrons. The van der Waals surface area contributed by atoms with Gasteiger partial charge in [0, 0.05) is 13.6 Å². The van der Waals surface area contributed by atoms with Gasteiger partial charge in [0.05, 0.1) is 6.61 Å². The minimum Gasteiger partial charge on any atom is -0.392 e. The summed E-state index contributed by atoms with van der Waals surface area (Å²) in [5.74, 6) is -0.600. The van der Waals surface area contributed by atoms with E-state index >= 15 is 0 Å². The van der Waals surface area contributed by atoms with Crippen LogP contribution in [0.3, 0.4) is 0 Å². The van der Waals surface area contributed by atoms with E-state index in [9.17, 15) is 12.8 Å². The molecule has 1 aromatic carbocycles. The molecule has 0 amide bonds. The van der Waals surface area contributed by atoms with Crippen LogP contribution in [0.15, 0.2) is 23.1 Å². The maximum atomic E-state index is 13.7. The van der Waals surface area contributed by atoms with E-state index in [1.165, 1.54) is 19.2 Å². The topological polar surface area (TPSA) is 57.6 Å². The Morgan fingerprint density at radius 2 is 2.05 bits per heavy atom. The Hall–Kier alpha value is -0.980. The molecule has 0 heterocycles. The molecule has 4 nitrogen and oxygen atoms in total. The molecule has 0 spiro atoms. The largest absolute Gasteiger partial charge is 0.392 e. The van der Waals surface area contributed by atoms with Gasteiger partial charge in [0.25, 0.3) is 0 Å². The van der Waals surface area contributed by atoms with E-state index in [4.69, 9.17) is 5.11 Å². The monoisotopic (exact) mass is 289 g/mol. The molecule has 0 radical (unpaired) electrons. The van der Waals surface area contributed by atoms with E-state index in [1.54, 1.807) is 0 Å². The van der Waals surface area contributed by atoms with E-state index in [-0.39, 0.29) is 17.4 Å². The molecule has 1 rings (SSSR count). The predicted octanol–water partition coefficient (Wildman–Crippen LogP) is 1.98. The zero-order chi connectivity index (χ0) is 14.6. The number of benzene rings is 1. The Labute approximate surface area is 113 Å². The quantitative estimate of drug-likeness (QED) is 0.871. The highest BCUT2D eigenvalue weighted by molar-refractivity contribution is 7.89. The fourth-order valence-corrected chi connectivity index (χ4v) is 3.08. The number of aliphatic hydroxyl groups is 1. The summed E-state index contributed by atoms with van der Waals surface area (Å²) < 4.78 is 39.4. The van der Waals surface area contributed by atoms with Gasteiger partial charge in [0.1, 0.15) is 10.7 Å². The Morgan fingerprint density at radius 1 is 1.42 bits per heavy atom. The van der Waals surface area contributed by atoms with E-state index in [0.717, 1.165) is 16.8 Å². The average molecular weight is 289 g/mol. The van der Waals surface area contributed by atoms with Crippen LogP contribution < -0.4 is 0 Å². The first-order valence-corrected chi connectivity index (χ1v) is 7.62. The van der Waals surface area contributed by atoms with Crippen molar-refractivity contribution >= 4 is 10.0 Å². The molecule has 0 aliphatic heterocycles. The van der Waals surface area contributed by atoms with Gasteiger partial charge in [-0.3, -0.25) is 0 Å². The zero-order valence-corrected chi connectivity index (χ0v) is 12.2. The van der Waals surface area contributed by atoms with Crippen LogP contribution in [-0.4, -0.2) is 31.4 Å². The molecule has 0 saturated carbocycles. The molecule has 19 heavy (non-hydrogen) atoms. The third kappa shape index (κ3) is 3.75. The number of aliphatic hydroxyl groups excluding tert-OH is 1.